The van der Waals surface area contributed by atoms with E-state index in [0.717, 1.165) is 30.5 Å². The van der Waals surface area contributed by atoms with Gasteiger partial charge >= 0.3 is 0 Å². The first kappa shape index (κ1) is 14.3. The summed E-state index contributed by atoms with van der Waals surface area (Å²) in [4.78, 5) is 12.2. The molecule has 1 unspecified atom stereocenters. The van der Waals surface area contributed by atoms with Gasteiger partial charge < -0.3 is 15.8 Å². The van der Waals surface area contributed by atoms with E-state index < -0.39 is 0 Å². The maximum atomic E-state index is 12.2. The predicted octanol–water partition coefficient (Wildman–Crippen LogP) is 2.58. The van der Waals surface area contributed by atoms with E-state index in [9.17, 15) is 4.79 Å². The van der Waals surface area contributed by atoms with Crippen LogP contribution in [-0.2, 0) is 4.74 Å². The minimum Gasteiger partial charge on any atom is -0.399 e. The summed E-state index contributed by atoms with van der Waals surface area (Å²) in [5.41, 5.74) is 6.89. The molecule has 1 aromatic rings. The smallest absolute Gasteiger partial charge is 0.252 e. The minimum atomic E-state index is -0.0850. The number of carbonyl (C=O) groups is 1. The third-order valence-corrected chi connectivity index (χ3v) is 4.26. The second-order valence-electron chi connectivity index (χ2n) is 4.95. The molecule has 4 nitrogen and oxygen atoms in total. The Morgan fingerprint density at radius 2 is 2.16 bits per heavy atom. The van der Waals surface area contributed by atoms with Crippen LogP contribution in [-0.4, -0.2) is 25.2 Å². The first-order chi connectivity index (χ1) is 9.08. The standard InChI is InChI=1S/C14H19BrN2O2/c1-9(10-4-6-19-7-5-10)17-14(18)12-8-11(16)2-3-13(12)15/h2-3,8-10H,4-7,16H2,1H3,(H,17,18). The number of nitrogens with two attached hydrogens (primary N) is 1. The van der Waals surface area contributed by atoms with E-state index in [1.807, 2.05) is 6.92 Å². The zero-order valence-electron chi connectivity index (χ0n) is 11.0. The van der Waals surface area contributed by atoms with Crippen molar-refractivity contribution < 1.29 is 9.53 Å². The number of anilines is 1. The number of halogens is 1. The summed E-state index contributed by atoms with van der Waals surface area (Å²) in [6, 6.07) is 5.40. The number of ether oxygens (including phenoxy) is 1. The Morgan fingerprint density at radius 1 is 1.47 bits per heavy atom. The van der Waals surface area contributed by atoms with Crippen LogP contribution in [0.2, 0.25) is 0 Å². The van der Waals surface area contributed by atoms with Crippen molar-refractivity contribution in [2.45, 2.75) is 25.8 Å². The molecule has 5 heteroatoms. The molecule has 1 saturated heterocycles. The SMILES string of the molecule is CC(NC(=O)c1cc(N)ccc1Br)C1CCOCC1. The summed E-state index contributed by atoms with van der Waals surface area (Å²) in [5, 5.41) is 3.05. The first-order valence-electron chi connectivity index (χ1n) is 6.51. The monoisotopic (exact) mass is 326 g/mol. The van der Waals surface area contributed by atoms with Crippen molar-refractivity contribution in [1.29, 1.82) is 0 Å². The van der Waals surface area contributed by atoms with Crippen molar-refractivity contribution in [3.8, 4) is 0 Å². The Balaban J connectivity index is 2.01. The Labute approximate surface area is 121 Å². The van der Waals surface area contributed by atoms with Gasteiger partial charge in [0.25, 0.3) is 5.91 Å². The van der Waals surface area contributed by atoms with Gasteiger partial charge in [-0.25, -0.2) is 0 Å². The molecule has 3 N–H and O–H groups in total. The Bertz CT molecular complexity index is 459. The fourth-order valence-electron chi connectivity index (χ4n) is 2.34. The van der Waals surface area contributed by atoms with Crippen LogP contribution in [0.25, 0.3) is 0 Å². The van der Waals surface area contributed by atoms with Crippen LogP contribution in [0.3, 0.4) is 0 Å². The zero-order chi connectivity index (χ0) is 13.8. The highest BCUT2D eigenvalue weighted by atomic mass is 79.9. The molecule has 1 heterocycles. The quantitative estimate of drug-likeness (QED) is 0.839. The zero-order valence-corrected chi connectivity index (χ0v) is 12.6. The largest absolute Gasteiger partial charge is 0.399 e. The van der Waals surface area contributed by atoms with E-state index in [2.05, 4.69) is 21.2 Å². The fraction of sp³-hybridized carbons (Fsp3) is 0.500. The van der Waals surface area contributed by atoms with Gasteiger partial charge in [-0.3, -0.25) is 4.79 Å². The van der Waals surface area contributed by atoms with Gasteiger partial charge in [0.05, 0.1) is 5.56 Å². The number of hydrogen-bond donors (Lipinski definition) is 2. The van der Waals surface area contributed by atoms with Crippen LogP contribution in [0.1, 0.15) is 30.1 Å². The van der Waals surface area contributed by atoms with Crippen LogP contribution in [0, 0.1) is 5.92 Å². The average Bonchev–Trinajstić information content (AvgIpc) is 2.42. The van der Waals surface area contributed by atoms with Gasteiger partial charge in [0, 0.05) is 29.4 Å². The highest BCUT2D eigenvalue weighted by Gasteiger charge is 2.22. The van der Waals surface area contributed by atoms with E-state index in [4.69, 9.17) is 10.5 Å². The Hall–Kier alpha value is -1.07. The second kappa shape index (κ2) is 6.39. The summed E-state index contributed by atoms with van der Waals surface area (Å²) in [6.45, 7) is 3.62. The van der Waals surface area contributed by atoms with Gasteiger partial charge in [-0.2, -0.15) is 0 Å². The second-order valence-corrected chi connectivity index (χ2v) is 5.81. The number of amides is 1. The lowest BCUT2D eigenvalue weighted by atomic mass is 9.93. The highest BCUT2D eigenvalue weighted by molar-refractivity contribution is 9.10. The molecule has 0 spiro atoms. The van der Waals surface area contributed by atoms with Crippen molar-refractivity contribution >= 4 is 27.5 Å². The number of nitrogens with one attached hydrogen (secondary N) is 1. The number of rotatable bonds is 3. The van der Waals surface area contributed by atoms with Crippen LogP contribution in [0.5, 0.6) is 0 Å². The lowest BCUT2D eigenvalue weighted by molar-refractivity contribution is 0.0538. The van der Waals surface area contributed by atoms with Gasteiger partial charge in [-0.15, -0.1) is 0 Å². The third-order valence-electron chi connectivity index (χ3n) is 3.57. The number of hydrogen-bond acceptors (Lipinski definition) is 3. The van der Waals surface area contributed by atoms with E-state index in [0.29, 0.717) is 17.2 Å². The van der Waals surface area contributed by atoms with Crippen LogP contribution < -0.4 is 11.1 Å². The number of carbonyl (C=O) groups excluding carboxylic acids is 1. The molecule has 1 aliphatic rings. The van der Waals surface area contributed by atoms with Crippen molar-refractivity contribution in [3.05, 3.63) is 28.2 Å². The van der Waals surface area contributed by atoms with Crippen molar-refractivity contribution in [1.82, 2.24) is 5.32 Å². The van der Waals surface area contributed by atoms with E-state index in [1.165, 1.54) is 0 Å². The molecule has 1 amide bonds. The molecule has 0 bridgehead atoms. The average molecular weight is 327 g/mol. The Morgan fingerprint density at radius 3 is 2.84 bits per heavy atom. The van der Waals surface area contributed by atoms with Crippen LogP contribution >= 0.6 is 15.9 Å². The Kier molecular flexibility index (Phi) is 4.82. The van der Waals surface area contributed by atoms with Gasteiger partial charge in [-0.05, 0) is 59.8 Å². The molecule has 0 radical (unpaired) electrons. The molecule has 0 saturated carbocycles. The van der Waals surface area contributed by atoms with Gasteiger partial charge in [0.2, 0.25) is 0 Å². The maximum absolute atomic E-state index is 12.2. The number of nitrogen functional groups attached to an aromatic ring is 1. The molecule has 0 aromatic heterocycles. The predicted molar refractivity (Wildman–Crippen MR) is 79.0 cm³/mol. The van der Waals surface area contributed by atoms with Gasteiger partial charge in [-0.1, -0.05) is 0 Å². The molecule has 2 rings (SSSR count). The summed E-state index contributed by atoms with van der Waals surface area (Å²) >= 11 is 3.38. The van der Waals surface area contributed by atoms with Crippen LogP contribution in [0.4, 0.5) is 5.69 Å². The number of benzene rings is 1. The summed E-state index contributed by atoms with van der Waals surface area (Å²) in [6.07, 6.45) is 2.00. The van der Waals surface area contributed by atoms with Gasteiger partial charge in [0.1, 0.15) is 0 Å². The fourth-order valence-corrected chi connectivity index (χ4v) is 2.76. The normalized spacial score (nSPS) is 18.0. The molecule has 104 valence electrons. The van der Waals surface area contributed by atoms with Crippen LogP contribution in [0.15, 0.2) is 22.7 Å². The van der Waals surface area contributed by atoms with E-state index in [1.54, 1.807) is 18.2 Å². The summed E-state index contributed by atoms with van der Waals surface area (Å²) in [5.74, 6) is 0.399. The molecule has 1 atom stereocenters. The minimum absolute atomic E-state index is 0.0850. The molecule has 1 aliphatic heterocycles. The van der Waals surface area contributed by atoms with Crippen molar-refractivity contribution in [3.63, 3.8) is 0 Å². The van der Waals surface area contributed by atoms with E-state index in [-0.39, 0.29) is 11.9 Å². The summed E-state index contributed by atoms with van der Waals surface area (Å²) in [7, 11) is 0. The van der Waals surface area contributed by atoms with Crippen molar-refractivity contribution in [2.24, 2.45) is 5.92 Å². The molecule has 0 aliphatic carbocycles. The lowest BCUT2D eigenvalue weighted by Crippen LogP contribution is -2.40. The topological polar surface area (TPSA) is 64.4 Å². The molecular formula is C14H19BrN2O2. The highest BCUT2D eigenvalue weighted by Crippen LogP contribution is 2.22. The molecule has 1 fully saturated rings. The van der Waals surface area contributed by atoms with E-state index >= 15 is 0 Å². The lowest BCUT2D eigenvalue weighted by Gasteiger charge is -2.28. The van der Waals surface area contributed by atoms with Crippen molar-refractivity contribution in [2.75, 3.05) is 18.9 Å². The molecule has 1 aromatic carbocycles. The third kappa shape index (κ3) is 3.70. The molecular weight excluding hydrogens is 308 g/mol. The summed E-state index contributed by atoms with van der Waals surface area (Å²) < 4.78 is 6.10. The van der Waals surface area contributed by atoms with Gasteiger partial charge in [0.15, 0.2) is 0 Å². The molecule has 19 heavy (non-hydrogen) atoms. The maximum Gasteiger partial charge on any atom is 0.252 e. The first-order valence-corrected chi connectivity index (χ1v) is 7.31.